The third-order valence-electron chi connectivity index (χ3n) is 3.74. The first kappa shape index (κ1) is 16.5. The molecule has 3 rings (SSSR count). The number of benzene rings is 2. The highest BCUT2D eigenvalue weighted by Gasteiger charge is 2.32. The Hall–Kier alpha value is -2.40. The molecule has 0 atom stereocenters. The summed E-state index contributed by atoms with van der Waals surface area (Å²) < 4.78 is 5.97. The third kappa shape index (κ3) is 3.74. The van der Waals surface area contributed by atoms with Crippen molar-refractivity contribution in [2.24, 2.45) is 0 Å². The quantitative estimate of drug-likeness (QED) is 0.835. The van der Waals surface area contributed by atoms with E-state index in [1.165, 1.54) is 0 Å². The van der Waals surface area contributed by atoms with Crippen molar-refractivity contribution in [1.29, 1.82) is 0 Å². The van der Waals surface area contributed by atoms with Crippen LogP contribution < -0.4 is 20.7 Å². The summed E-state index contributed by atoms with van der Waals surface area (Å²) in [6, 6.07) is 12.5. The van der Waals surface area contributed by atoms with Crippen molar-refractivity contribution in [3.8, 4) is 5.75 Å². The maximum Gasteiger partial charge on any atom is 0.243 e. The molecular weight excluding hydrogens is 326 g/mol. The number of nitrogens with zero attached hydrogens (tertiary/aromatic N) is 1. The van der Waals surface area contributed by atoms with Gasteiger partial charge in [-0.15, -0.1) is 0 Å². The number of amides is 1. The molecule has 1 heterocycles. The number of hydrogen-bond acceptors (Lipinski definition) is 4. The minimum Gasteiger partial charge on any atom is -0.484 e. The second-order valence-corrected chi connectivity index (χ2v) is 6.94. The molecule has 1 aliphatic rings. The van der Waals surface area contributed by atoms with Crippen LogP contribution in [0.25, 0.3) is 0 Å². The second-order valence-electron chi connectivity index (χ2n) is 6.50. The third-order valence-corrected chi connectivity index (χ3v) is 4.00. The van der Waals surface area contributed by atoms with Gasteiger partial charge < -0.3 is 20.7 Å². The number of anilines is 3. The number of nitrogens with two attached hydrogens (primary N) is 1. The summed E-state index contributed by atoms with van der Waals surface area (Å²) in [5.74, 6) is 0.628. The van der Waals surface area contributed by atoms with Gasteiger partial charge in [0.25, 0.3) is 0 Å². The molecule has 0 aliphatic carbocycles. The number of ether oxygens (including phenoxy) is 1. The average Bonchev–Trinajstić information content (AvgIpc) is 2.49. The minimum absolute atomic E-state index is 0.108. The SMILES string of the molecule is CC1(C)CN(CC(=O)Nc2ccc(Cl)cc2)c2cc(N)ccc2O1. The summed E-state index contributed by atoms with van der Waals surface area (Å²) in [5, 5.41) is 3.51. The molecule has 24 heavy (non-hydrogen) atoms. The van der Waals surface area contributed by atoms with E-state index in [-0.39, 0.29) is 18.1 Å². The van der Waals surface area contributed by atoms with E-state index < -0.39 is 0 Å². The van der Waals surface area contributed by atoms with Gasteiger partial charge in [-0.2, -0.15) is 0 Å². The second kappa shape index (κ2) is 6.24. The van der Waals surface area contributed by atoms with E-state index in [0.717, 1.165) is 11.4 Å². The van der Waals surface area contributed by atoms with Crippen molar-refractivity contribution >= 4 is 34.6 Å². The number of halogens is 1. The van der Waals surface area contributed by atoms with Gasteiger partial charge in [0.2, 0.25) is 5.91 Å². The van der Waals surface area contributed by atoms with Crippen LogP contribution in [-0.4, -0.2) is 24.6 Å². The number of carbonyl (C=O) groups excluding carboxylic acids is 1. The van der Waals surface area contributed by atoms with Crippen molar-refractivity contribution in [2.75, 3.05) is 29.0 Å². The van der Waals surface area contributed by atoms with E-state index in [4.69, 9.17) is 22.1 Å². The van der Waals surface area contributed by atoms with Crippen LogP contribution in [0.4, 0.5) is 17.1 Å². The van der Waals surface area contributed by atoms with E-state index in [9.17, 15) is 4.79 Å². The van der Waals surface area contributed by atoms with Gasteiger partial charge in [-0.25, -0.2) is 0 Å². The first-order chi connectivity index (χ1) is 11.3. The maximum absolute atomic E-state index is 12.4. The van der Waals surface area contributed by atoms with E-state index in [1.807, 2.05) is 30.9 Å². The zero-order valence-electron chi connectivity index (χ0n) is 13.7. The average molecular weight is 346 g/mol. The number of carbonyl (C=O) groups is 1. The van der Waals surface area contributed by atoms with E-state index in [2.05, 4.69) is 5.32 Å². The molecule has 2 aromatic rings. The Balaban J connectivity index is 1.77. The van der Waals surface area contributed by atoms with Gasteiger partial charge in [-0.3, -0.25) is 4.79 Å². The van der Waals surface area contributed by atoms with Crippen molar-refractivity contribution in [3.63, 3.8) is 0 Å². The van der Waals surface area contributed by atoms with Crippen molar-refractivity contribution in [1.82, 2.24) is 0 Å². The predicted octanol–water partition coefficient (Wildman–Crippen LogP) is 3.54. The maximum atomic E-state index is 12.4. The van der Waals surface area contributed by atoms with Crippen molar-refractivity contribution in [3.05, 3.63) is 47.5 Å². The molecule has 1 aliphatic heterocycles. The number of nitrogen functional groups attached to an aromatic ring is 1. The lowest BCUT2D eigenvalue weighted by molar-refractivity contribution is -0.115. The summed E-state index contributed by atoms with van der Waals surface area (Å²) >= 11 is 5.86. The Morgan fingerprint density at radius 1 is 1.29 bits per heavy atom. The molecular formula is C18H20ClN3O2. The first-order valence-corrected chi connectivity index (χ1v) is 8.09. The fraction of sp³-hybridized carbons (Fsp3) is 0.278. The van der Waals surface area contributed by atoms with E-state index in [0.29, 0.717) is 22.9 Å². The molecule has 126 valence electrons. The Bertz CT molecular complexity index is 759. The van der Waals surface area contributed by atoms with Gasteiger partial charge >= 0.3 is 0 Å². The van der Waals surface area contributed by atoms with Gasteiger partial charge in [0, 0.05) is 16.4 Å². The van der Waals surface area contributed by atoms with E-state index >= 15 is 0 Å². The van der Waals surface area contributed by atoms with Crippen LogP contribution in [0.1, 0.15) is 13.8 Å². The fourth-order valence-corrected chi connectivity index (χ4v) is 2.92. The van der Waals surface area contributed by atoms with Crippen LogP contribution in [0.5, 0.6) is 5.75 Å². The summed E-state index contributed by atoms with van der Waals surface area (Å²) in [6.45, 7) is 4.80. The number of hydrogen-bond donors (Lipinski definition) is 2. The van der Waals surface area contributed by atoms with Crippen LogP contribution in [0.15, 0.2) is 42.5 Å². The summed E-state index contributed by atoms with van der Waals surface area (Å²) in [7, 11) is 0. The van der Waals surface area contributed by atoms with Gasteiger partial charge in [0.1, 0.15) is 11.4 Å². The molecule has 6 heteroatoms. The number of rotatable bonds is 3. The molecule has 2 aromatic carbocycles. The van der Waals surface area contributed by atoms with Crippen LogP contribution in [0, 0.1) is 0 Å². The molecule has 3 N–H and O–H groups in total. The van der Waals surface area contributed by atoms with Crippen LogP contribution in [0.3, 0.4) is 0 Å². The highest BCUT2D eigenvalue weighted by atomic mass is 35.5. The first-order valence-electron chi connectivity index (χ1n) is 7.71. The summed E-state index contributed by atoms with van der Waals surface area (Å²) in [5.41, 5.74) is 7.69. The van der Waals surface area contributed by atoms with Gasteiger partial charge in [-0.1, -0.05) is 11.6 Å². The predicted molar refractivity (Wildman–Crippen MR) is 97.9 cm³/mol. The lowest BCUT2D eigenvalue weighted by atomic mass is 10.0. The minimum atomic E-state index is -0.385. The molecule has 0 aromatic heterocycles. The Morgan fingerprint density at radius 2 is 2.00 bits per heavy atom. The molecule has 0 saturated carbocycles. The van der Waals surface area contributed by atoms with Gasteiger partial charge in [0.15, 0.2) is 0 Å². The lowest BCUT2D eigenvalue weighted by Gasteiger charge is -2.40. The molecule has 0 bridgehead atoms. The largest absolute Gasteiger partial charge is 0.484 e. The highest BCUT2D eigenvalue weighted by molar-refractivity contribution is 6.30. The normalized spacial score (nSPS) is 15.4. The van der Waals surface area contributed by atoms with Crippen LogP contribution in [0.2, 0.25) is 5.02 Å². The molecule has 5 nitrogen and oxygen atoms in total. The Kier molecular flexibility index (Phi) is 4.28. The zero-order chi connectivity index (χ0) is 17.3. The Morgan fingerprint density at radius 3 is 2.71 bits per heavy atom. The number of nitrogens with one attached hydrogen (secondary N) is 1. The molecule has 0 spiro atoms. The molecule has 1 amide bonds. The van der Waals surface area contributed by atoms with Gasteiger partial charge in [0.05, 0.1) is 18.8 Å². The zero-order valence-corrected chi connectivity index (χ0v) is 14.4. The molecule has 0 fully saturated rings. The molecule has 0 radical (unpaired) electrons. The van der Waals surface area contributed by atoms with Crippen molar-refractivity contribution < 1.29 is 9.53 Å². The Labute approximate surface area is 146 Å². The fourth-order valence-electron chi connectivity index (χ4n) is 2.79. The monoisotopic (exact) mass is 345 g/mol. The topological polar surface area (TPSA) is 67.6 Å². The molecule has 0 saturated heterocycles. The van der Waals surface area contributed by atoms with Crippen molar-refractivity contribution in [2.45, 2.75) is 19.4 Å². The van der Waals surface area contributed by atoms with Gasteiger partial charge in [-0.05, 0) is 56.3 Å². The van der Waals surface area contributed by atoms with Crippen LogP contribution in [-0.2, 0) is 4.79 Å². The summed E-state index contributed by atoms with van der Waals surface area (Å²) in [4.78, 5) is 14.4. The van der Waals surface area contributed by atoms with E-state index in [1.54, 1.807) is 30.3 Å². The van der Waals surface area contributed by atoms with Crippen LogP contribution >= 0.6 is 11.6 Å². The standard InChI is InChI=1S/C18H20ClN3O2/c1-18(2)11-22(15-9-13(20)5-8-16(15)24-18)10-17(23)21-14-6-3-12(19)4-7-14/h3-9H,10-11,20H2,1-2H3,(H,21,23). The summed E-state index contributed by atoms with van der Waals surface area (Å²) in [6.07, 6.45) is 0. The molecule has 0 unspecified atom stereocenters. The lowest BCUT2D eigenvalue weighted by Crippen LogP contribution is -2.49. The number of fused-ring (bicyclic) bond motifs is 1. The smallest absolute Gasteiger partial charge is 0.243 e. The highest BCUT2D eigenvalue weighted by Crippen LogP contribution is 2.38.